The normalized spacial score (nSPS) is 11.8. The van der Waals surface area contributed by atoms with Crippen molar-refractivity contribution < 1.29 is 14.3 Å². The minimum atomic E-state index is -0.663. The summed E-state index contributed by atoms with van der Waals surface area (Å²) in [5, 5.41) is 1.08. The number of para-hydroxylation sites is 1. The van der Waals surface area contributed by atoms with E-state index in [-0.39, 0.29) is 6.61 Å². The summed E-state index contributed by atoms with van der Waals surface area (Å²) in [7, 11) is 0. The van der Waals surface area contributed by atoms with Crippen molar-refractivity contribution in [3.05, 3.63) is 48.2 Å². The van der Waals surface area contributed by atoms with Gasteiger partial charge in [-0.1, -0.05) is 24.3 Å². The standard InChI is InChI=1S/C17H19NO3/c1-17(2,3)21-16(19)20-10-6-7-13-11-14-8-4-5-9-15(14)18-12-13/h4-9,11-12H,10H2,1-3H3/b7-6+. The molecule has 1 heterocycles. The van der Waals surface area contributed by atoms with Gasteiger partial charge in [0.2, 0.25) is 0 Å². The third-order valence-electron chi connectivity index (χ3n) is 2.61. The first-order chi connectivity index (χ1) is 9.94. The predicted octanol–water partition coefficient (Wildman–Crippen LogP) is 4.20. The van der Waals surface area contributed by atoms with Gasteiger partial charge in [-0.2, -0.15) is 0 Å². The lowest BCUT2D eigenvalue weighted by molar-refractivity contribution is -0.00234. The van der Waals surface area contributed by atoms with E-state index in [0.717, 1.165) is 16.5 Å². The maximum atomic E-state index is 11.4. The van der Waals surface area contributed by atoms with Crippen molar-refractivity contribution in [3.63, 3.8) is 0 Å². The summed E-state index contributed by atoms with van der Waals surface area (Å²) >= 11 is 0. The van der Waals surface area contributed by atoms with Gasteiger partial charge in [-0.15, -0.1) is 0 Å². The lowest BCUT2D eigenvalue weighted by atomic mass is 10.1. The highest BCUT2D eigenvalue weighted by Gasteiger charge is 2.16. The summed E-state index contributed by atoms with van der Waals surface area (Å²) in [6.45, 7) is 5.56. The SMILES string of the molecule is CC(C)(C)OC(=O)OC/C=C/c1cnc2ccccc2c1. The molecule has 0 unspecified atom stereocenters. The lowest BCUT2D eigenvalue weighted by Gasteiger charge is -2.18. The van der Waals surface area contributed by atoms with E-state index >= 15 is 0 Å². The first-order valence-electron chi connectivity index (χ1n) is 6.81. The molecule has 2 rings (SSSR count). The highest BCUT2D eigenvalue weighted by molar-refractivity contribution is 5.80. The van der Waals surface area contributed by atoms with Crippen LogP contribution in [0.2, 0.25) is 0 Å². The highest BCUT2D eigenvalue weighted by atomic mass is 16.7. The molecule has 0 spiro atoms. The van der Waals surface area contributed by atoms with E-state index in [4.69, 9.17) is 9.47 Å². The second-order valence-corrected chi connectivity index (χ2v) is 5.64. The number of nitrogens with zero attached hydrogens (tertiary/aromatic N) is 1. The van der Waals surface area contributed by atoms with E-state index in [9.17, 15) is 4.79 Å². The number of carbonyl (C=O) groups is 1. The quantitative estimate of drug-likeness (QED) is 0.793. The average Bonchev–Trinajstić information content (AvgIpc) is 2.41. The topological polar surface area (TPSA) is 48.4 Å². The van der Waals surface area contributed by atoms with Crippen LogP contribution in [0.1, 0.15) is 26.3 Å². The van der Waals surface area contributed by atoms with Gasteiger partial charge in [-0.05, 0) is 44.5 Å². The second-order valence-electron chi connectivity index (χ2n) is 5.64. The molecule has 0 atom stereocenters. The Morgan fingerprint density at radius 2 is 2.05 bits per heavy atom. The number of benzene rings is 1. The molecule has 2 aromatic rings. The van der Waals surface area contributed by atoms with Crippen LogP contribution in [-0.2, 0) is 9.47 Å². The molecule has 1 aromatic carbocycles. The van der Waals surface area contributed by atoms with E-state index in [1.807, 2.05) is 36.4 Å². The van der Waals surface area contributed by atoms with Crippen LogP contribution < -0.4 is 0 Å². The minimum absolute atomic E-state index is 0.168. The molecule has 4 heteroatoms. The molecule has 0 N–H and O–H groups in total. The number of carbonyl (C=O) groups excluding carboxylic acids is 1. The van der Waals surface area contributed by atoms with Crippen LogP contribution in [0.4, 0.5) is 4.79 Å². The number of hydrogen-bond acceptors (Lipinski definition) is 4. The Kier molecular flexibility index (Phi) is 4.58. The van der Waals surface area contributed by atoms with Crippen molar-refractivity contribution in [2.24, 2.45) is 0 Å². The molecule has 110 valence electrons. The van der Waals surface area contributed by atoms with Gasteiger partial charge in [0.1, 0.15) is 12.2 Å². The molecule has 0 bridgehead atoms. The van der Waals surface area contributed by atoms with Crippen LogP contribution in [-0.4, -0.2) is 23.3 Å². The molecule has 4 nitrogen and oxygen atoms in total. The molecule has 0 fully saturated rings. The van der Waals surface area contributed by atoms with Crippen molar-refractivity contribution in [1.82, 2.24) is 4.98 Å². The second kappa shape index (κ2) is 6.39. The lowest BCUT2D eigenvalue weighted by Crippen LogP contribution is -2.24. The number of fused-ring (bicyclic) bond motifs is 1. The van der Waals surface area contributed by atoms with Crippen LogP contribution in [0.15, 0.2) is 42.6 Å². The average molecular weight is 285 g/mol. The van der Waals surface area contributed by atoms with Gasteiger partial charge < -0.3 is 9.47 Å². The fraction of sp³-hybridized carbons (Fsp3) is 0.294. The van der Waals surface area contributed by atoms with E-state index in [1.54, 1.807) is 33.0 Å². The van der Waals surface area contributed by atoms with Gasteiger partial charge in [-0.3, -0.25) is 4.98 Å². The summed E-state index contributed by atoms with van der Waals surface area (Å²) in [4.78, 5) is 15.7. The van der Waals surface area contributed by atoms with E-state index in [1.165, 1.54) is 0 Å². The van der Waals surface area contributed by atoms with Crippen molar-refractivity contribution in [2.45, 2.75) is 26.4 Å². The number of aromatic nitrogens is 1. The van der Waals surface area contributed by atoms with E-state index in [2.05, 4.69) is 4.98 Å². The molecule has 0 aliphatic carbocycles. The smallest absolute Gasteiger partial charge is 0.430 e. The van der Waals surface area contributed by atoms with E-state index < -0.39 is 11.8 Å². The molecule has 1 aromatic heterocycles. The molecule has 0 aliphatic heterocycles. The molecule has 0 aliphatic rings. The van der Waals surface area contributed by atoms with Crippen LogP contribution in [0.3, 0.4) is 0 Å². The Hall–Kier alpha value is -2.36. The molecule has 0 amide bonds. The predicted molar refractivity (Wildman–Crippen MR) is 83.0 cm³/mol. The summed E-state index contributed by atoms with van der Waals surface area (Å²) in [5.41, 5.74) is 1.38. The number of hydrogen-bond donors (Lipinski definition) is 0. The molecule has 0 saturated heterocycles. The fourth-order valence-corrected chi connectivity index (χ4v) is 1.76. The largest absolute Gasteiger partial charge is 0.509 e. The number of ether oxygens (including phenoxy) is 2. The van der Waals surface area contributed by atoms with Gasteiger partial charge in [0.15, 0.2) is 0 Å². The van der Waals surface area contributed by atoms with Crippen LogP contribution in [0, 0.1) is 0 Å². The van der Waals surface area contributed by atoms with Crippen molar-refractivity contribution in [3.8, 4) is 0 Å². The monoisotopic (exact) mass is 285 g/mol. The Labute approximate surface area is 124 Å². The van der Waals surface area contributed by atoms with Gasteiger partial charge in [0.25, 0.3) is 0 Å². The van der Waals surface area contributed by atoms with Crippen molar-refractivity contribution in [2.75, 3.05) is 6.61 Å². The molecular formula is C17H19NO3. The zero-order valence-electron chi connectivity index (χ0n) is 12.5. The molecule has 0 radical (unpaired) electrons. The summed E-state index contributed by atoms with van der Waals surface area (Å²) < 4.78 is 10.00. The van der Waals surface area contributed by atoms with Crippen molar-refractivity contribution >= 4 is 23.1 Å². The number of pyridine rings is 1. The Morgan fingerprint density at radius 3 is 2.81 bits per heavy atom. The number of rotatable bonds is 3. The molecule has 21 heavy (non-hydrogen) atoms. The Bertz CT molecular complexity index is 656. The maximum absolute atomic E-state index is 11.4. The Morgan fingerprint density at radius 1 is 1.29 bits per heavy atom. The van der Waals surface area contributed by atoms with Crippen LogP contribution in [0.25, 0.3) is 17.0 Å². The molecule has 0 saturated carbocycles. The van der Waals surface area contributed by atoms with E-state index in [0.29, 0.717) is 0 Å². The Balaban J connectivity index is 1.90. The van der Waals surface area contributed by atoms with Crippen LogP contribution in [0.5, 0.6) is 0 Å². The van der Waals surface area contributed by atoms with Crippen molar-refractivity contribution in [1.29, 1.82) is 0 Å². The zero-order valence-corrected chi connectivity index (χ0v) is 12.5. The maximum Gasteiger partial charge on any atom is 0.509 e. The third kappa shape index (κ3) is 4.91. The van der Waals surface area contributed by atoms with Gasteiger partial charge in [0, 0.05) is 11.6 Å². The van der Waals surface area contributed by atoms with Crippen LogP contribution >= 0.6 is 0 Å². The summed E-state index contributed by atoms with van der Waals surface area (Å²) in [6, 6.07) is 9.94. The van der Waals surface area contributed by atoms with Gasteiger partial charge in [0.05, 0.1) is 5.52 Å². The first-order valence-corrected chi connectivity index (χ1v) is 6.81. The summed E-state index contributed by atoms with van der Waals surface area (Å²) in [5.74, 6) is 0. The third-order valence-corrected chi connectivity index (χ3v) is 2.61. The highest BCUT2D eigenvalue weighted by Crippen LogP contribution is 2.13. The first kappa shape index (κ1) is 15.0. The van der Waals surface area contributed by atoms with Gasteiger partial charge in [-0.25, -0.2) is 4.79 Å². The zero-order chi connectivity index (χ0) is 15.3. The summed E-state index contributed by atoms with van der Waals surface area (Å²) in [6.07, 6.45) is 4.75. The fourth-order valence-electron chi connectivity index (χ4n) is 1.76. The molecular weight excluding hydrogens is 266 g/mol. The minimum Gasteiger partial charge on any atom is -0.430 e. The van der Waals surface area contributed by atoms with Gasteiger partial charge >= 0.3 is 6.16 Å².